The summed E-state index contributed by atoms with van der Waals surface area (Å²) in [6.45, 7) is 6.14. The topological polar surface area (TPSA) is 52.7 Å². The number of thiophene rings is 1. The van der Waals surface area contributed by atoms with E-state index >= 15 is 0 Å². The molecule has 26 heavy (non-hydrogen) atoms. The largest absolute Gasteiger partial charge is 0.349 e. The molecular formula is C20H25N3O2S. The molecule has 1 aliphatic rings. The highest BCUT2D eigenvalue weighted by molar-refractivity contribution is 7.09. The van der Waals surface area contributed by atoms with Crippen LogP contribution in [0.2, 0.25) is 0 Å². The van der Waals surface area contributed by atoms with Crippen molar-refractivity contribution >= 4 is 23.2 Å². The lowest BCUT2D eigenvalue weighted by molar-refractivity contribution is -0.133. The number of piperazine rings is 1. The number of benzene rings is 1. The molecule has 0 aliphatic carbocycles. The van der Waals surface area contributed by atoms with E-state index in [1.165, 1.54) is 4.88 Å². The Hall–Kier alpha value is -2.18. The van der Waals surface area contributed by atoms with E-state index in [0.29, 0.717) is 12.0 Å². The Morgan fingerprint density at radius 3 is 2.46 bits per heavy atom. The zero-order valence-corrected chi connectivity index (χ0v) is 15.9. The fourth-order valence-corrected chi connectivity index (χ4v) is 3.86. The first-order valence-electron chi connectivity index (χ1n) is 9.00. The second kappa shape index (κ2) is 8.96. The summed E-state index contributed by atoms with van der Waals surface area (Å²) in [7, 11) is 0. The molecule has 1 aromatic carbocycles. The minimum atomic E-state index is -0.181. The normalized spacial score (nSPS) is 16.3. The molecule has 5 nitrogen and oxygen atoms in total. The van der Waals surface area contributed by atoms with Crippen molar-refractivity contribution in [2.24, 2.45) is 0 Å². The van der Waals surface area contributed by atoms with Gasteiger partial charge in [0, 0.05) is 55.6 Å². The zero-order chi connectivity index (χ0) is 18.4. The summed E-state index contributed by atoms with van der Waals surface area (Å²) in [6.07, 6.45) is 0.337. The summed E-state index contributed by atoms with van der Waals surface area (Å²) in [4.78, 5) is 30.3. The van der Waals surface area contributed by atoms with Gasteiger partial charge in [0.25, 0.3) is 5.91 Å². The van der Waals surface area contributed by atoms with Gasteiger partial charge in [0.15, 0.2) is 0 Å². The van der Waals surface area contributed by atoms with E-state index in [0.717, 1.165) is 32.7 Å². The van der Waals surface area contributed by atoms with Crippen molar-refractivity contribution in [3.63, 3.8) is 0 Å². The molecule has 2 amide bonds. The maximum Gasteiger partial charge on any atom is 0.251 e. The van der Waals surface area contributed by atoms with Crippen molar-refractivity contribution in [2.75, 3.05) is 26.2 Å². The van der Waals surface area contributed by atoms with Crippen LogP contribution in [-0.2, 0) is 11.3 Å². The number of amides is 2. The maximum atomic E-state index is 12.5. The monoisotopic (exact) mass is 371 g/mol. The van der Waals surface area contributed by atoms with Crippen LogP contribution in [0.1, 0.15) is 28.6 Å². The average Bonchev–Trinajstić information content (AvgIpc) is 3.16. The van der Waals surface area contributed by atoms with Gasteiger partial charge < -0.3 is 10.2 Å². The summed E-state index contributed by atoms with van der Waals surface area (Å²) < 4.78 is 0. The number of carbonyl (C=O) groups excluding carboxylic acids is 2. The fourth-order valence-electron chi connectivity index (χ4n) is 3.12. The number of nitrogens with one attached hydrogen (secondary N) is 1. The summed E-state index contributed by atoms with van der Waals surface area (Å²) in [6, 6.07) is 13.1. The molecule has 1 N–H and O–H groups in total. The molecule has 1 saturated heterocycles. The molecule has 1 fully saturated rings. The molecule has 6 heteroatoms. The van der Waals surface area contributed by atoms with Gasteiger partial charge in [-0.2, -0.15) is 0 Å². The molecule has 3 rings (SSSR count). The third-order valence-electron chi connectivity index (χ3n) is 4.58. The van der Waals surface area contributed by atoms with Crippen LogP contribution in [0, 0.1) is 0 Å². The third-order valence-corrected chi connectivity index (χ3v) is 5.44. The van der Waals surface area contributed by atoms with Gasteiger partial charge >= 0.3 is 0 Å². The van der Waals surface area contributed by atoms with Crippen LogP contribution in [0.25, 0.3) is 0 Å². The van der Waals surface area contributed by atoms with E-state index < -0.39 is 0 Å². The molecule has 0 spiro atoms. The highest BCUT2D eigenvalue weighted by atomic mass is 32.1. The van der Waals surface area contributed by atoms with Gasteiger partial charge in [-0.1, -0.05) is 24.3 Å². The molecule has 2 aromatic rings. The van der Waals surface area contributed by atoms with Crippen molar-refractivity contribution in [3.8, 4) is 0 Å². The predicted molar refractivity (Wildman–Crippen MR) is 104 cm³/mol. The van der Waals surface area contributed by atoms with Crippen LogP contribution in [0.15, 0.2) is 47.8 Å². The lowest BCUT2D eigenvalue weighted by Crippen LogP contribution is -2.49. The van der Waals surface area contributed by atoms with Gasteiger partial charge in [0.05, 0.1) is 0 Å². The minimum absolute atomic E-state index is 0.113. The van der Waals surface area contributed by atoms with Gasteiger partial charge in [0.2, 0.25) is 5.91 Å². The molecule has 1 aliphatic heterocycles. The molecule has 0 bridgehead atoms. The Labute approximate surface area is 158 Å². The van der Waals surface area contributed by atoms with Gasteiger partial charge in [-0.3, -0.25) is 14.5 Å². The number of hydrogen-bond donors (Lipinski definition) is 1. The third kappa shape index (κ3) is 5.16. The lowest BCUT2D eigenvalue weighted by atomic mass is 10.1. The van der Waals surface area contributed by atoms with Crippen molar-refractivity contribution < 1.29 is 9.59 Å². The average molecular weight is 372 g/mol. The van der Waals surface area contributed by atoms with E-state index in [-0.39, 0.29) is 17.9 Å². The summed E-state index contributed by atoms with van der Waals surface area (Å²) in [5.74, 6) is -0.0201. The number of nitrogens with zero attached hydrogens (tertiary/aromatic N) is 2. The fraction of sp³-hybridized carbons (Fsp3) is 0.400. The van der Waals surface area contributed by atoms with E-state index in [2.05, 4.69) is 27.7 Å². The molecule has 1 unspecified atom stereocenters. The molecular weight excluding hydrogens is 346 g/mol. The molecule has 1 aromatic heterocycles. The smallest absolute Gasteiger partial charge is 0.251 e. The van der Waals surface area contributed by atoms with E-state index in [4.69, 9.17) is 0 Å². The number of rotatable bonds is 6. The van der Waals surface area contributed by atoms with E-state index in [1.807, 2.05) is 30.0 Å². The van der Waals surface area contributed by atoms with Crippen molar-refractivity contribution in [1.82, 2.24) is 15.1 Å². The first-order chi connectivity index (χ1) is 12.6. The van der Waals surface area contributed by atoms with Gasteiger partial charge in [0.1, 0.15) is 0 Å². The Balaban J connectivity index is 1.41. The quantitative estimate of drug-likeness (QED) is 0.849. The predicted octanol–water partition coefficient (Wildman–Crippen LogP) is 2.60. The standard InChI is InChI=1S/C20H25N3O2S/c1-16(21-20(25)17-6-3-2-4-7-17)14-19(24)23-11-9-22(10-12-23)15-18-8-5-13-26-18/h2-8,13,16H,9-12,14-15H2,1H3,(H,21,25). The van der Waals surface area contributed by atoms with Crippen LogP contribution < -0.4 is 5.32 Å². The van der Waals surface area contributed by atoms with Crippen molar-refractivity contribution in [3.05, 3.63) is 58.3 Å². The van der Waals surface area contributed by atoms with Crippen LogP contribution in [-0.4, -0.2) is 53.8 Å². The Kier molecular flexibility index (Phi) is 6.41. The van der Waals surface area contributed by atoms with Gasteiger partial charge in [-0.05, 0) is 30.5 Å². The minimum Gasteiger partial charge on any atom is -0.349 e. The van der Waals surface area contributed by atoms with E-state index in [9.17, 15) is 9.59 Å². The summed E-state index contributed by atoms with van der Waals surface area (Å²) >= 11 is 1.77. The van der Waals surface area contributed by atoms with Gasteiger partial charge in [-0.15, -0.1) is 11.3 Å². The second-order valence-electron chi connectivity index (χ2n) is 6.68. The SMILES string of the molecule is CC(CC(=O)N1CCN(Cc2cccs2)CC1)NC(=O)c1ccccc1. The highest BCUT2D eigenvalue weighted by Gasteiger charge is 2.23. The zero-order valence-electron chi connectivity index (χ0n) is 15.1. The first kappa shape index (κ1) is 18.6. The molecule has 2 heterocycles. The van der Waals surface area contributed by atoms with Crippen molar-refractivity contribution in [1.29, 1.82) is 0 Å². The molecule has 0 radical (unpaired) electrons. The maximum absolute atomic E-state index is 12.5. The number of carbonyl (C=O) groups is 2. The summed E-state index contributed by atoms with van der Waals surface area (Å²) in [5, 5.41) is 5.01. The van der Waals surface area contributed by atoms with Crippen molar-refractivity contribution in [2.45, 2.75) is 25.9 Å². The molecule has 138 valence electrons. The van der Waals surface area contributed by atoms with Crippen LogP contribution in [0.5, 0.6) is 0 Å². The molecule has 0 saturated carbocycles. The van der Waals surface area contributed by atoms with Crippen LogP contribution >= 0.6 is 11.3 Å². The highest BCUT2D eigenvalue weighted by Crippen LogP contribution is 2.14. The Bertz CT molecular complexity index is 710. The van der Waals surface area contributed by atoms with Gasteiger partial charge in [-0.25, -0.2) is 0 Å². The summed E-state index contributed by atoms with van der Waals surface area (Å²) in [5.41, 5.74) is 0.619. The first-order valence-corrected chi connectivity index (χ1v) is 9.88. The molecule has 1 atom stereocenters. The second-order valence-corrected chi connectivity index (χ2v) is 7.71. The number of hydrogen-bond acceptors (Lipinski definition) is 4. The van der Waals surface area contributed by atoms with E-state index in [1.54, 1.807) is 23.5 Å². The van der Waals surface area contributed by atoms with Crippen LogP contribution in [0.4, 0.5) is 0 Å². The lowest BCUT2D eigenvalue weighted by Gasteiger charge is -2.35. The van der Waals surface area contributed by atoms with Crippen LogP contribution in [0.3, 0.4) is 0 Å². The Morgan fingerprint density at radius 1 is 1.08 bits per heavy atom. The Morgan fingerprint density at radius 2 is 1.81 bits per heavy atom.